The van der Waals surface area contributed by atoms with E-state index in [-0.39, 0.29) is 24.2 Å². The summed E-state index contributed by atoms with van der Waals surface area (Å²) in [5.74, 6) is -0.0601. The average Bonchev–Trinajstić information content (AvgIpc) is 2.59. The summed E-state index contributed by atoms with van der Waals surface area (Å²) in [6.45, 7) is 9.20. The molecule has 0 saturated heterocycles. The van der Waals surface area contributed by atoms with E-state index >= 15 is 0 Å². The molecule has 1 N–H and O–H groups in total. The lowest BCUT2D eigenvalue weighted by atomic mass is 10.0. The second-order valence-corrected chi connectivity index (χ2v) is 7.33. The Morgan fingerprint density at radius 1 is 1.30 bits per heavy atom. The minimum Gasteiger partial charge on any atom is -0.493 e. The van der Waals surface area contributed by atoms with Crippen molar-refractivity contribution in [2.75, 3.05) is 13.7 Å². The number of rotatable bonds is 9. The van der Waals surface area contributed by atoms with Gasteiger partial charge in [0.25, 0.3) is 5.91 Å². The van der Waals surface area contributed by atoms with Crippen LogP contribution in [0.15, 0.2) is 18.2 Å². The number of hydrogen-bond donors (Lipinski definition) is 1. The van der Waals surface area contributed by atoms with Crippen LogP contribution in [0.1, 0.15) is 46.6 Å². The second-order valence-electron chi connectivity index (χ2n) is 6.93. The Balaban J connectivity index is 2.72. The number of methoxy groups -OCH3 is 1. The highest BCUT2D eigenvalue weighted by Gasteiger charge is 2.18. The molecule has 1 aromatic carbocycles. The number of hydrogen-bond acceptors (Lipinski definition) is 5. The first-order valence-corrected chi connectivity index (χ1v) is 9.15. The molecule has 27 heavy (non-hydrogen) atoms. The number of halogens is 1. The van der Waals surface area contributed by atoms with Crippen LogP contribution in [0.3, 0.4) is 0 Å². The van der Waals surface area contributed by atoms with Crippen molar-refractivity contribution >= 4 is 29.6 Å². The zero-order valence-electron chi connectivity index (χ0n) is 16.7. The van der Waals surface area contributed by atoms with Gasteiger partial charge in [0, 0.05) is 11.6 Å². The number of ether oxygens (including phenoxy) is 3. The molecule has 0 aliphatic rings. The van der Waals surface area contributed by atoms with Gasteiger partial charge in [0.1, 0.15) is 0 Å². The first-order chi connectivity index (χ1) is 12.6. The van der Waals surface area contributed by atoms with Gasteiger partial charge < -0.3 is 19.5 Å². The Labute approximate surface area is 165 Å². The summed E-state index contributed by atoms with van der Waals surface area (Å²) in [6.07, 6.45) is 3.47. The van der Waals surface area contributed by atoms with Crippen LogP contribution in [-0.4, -0.2) is 37.2 Å². The third kappa shape index (κ3) is 7.91. The van der Waals surface area contributed by atoms with Crippen LogP contribution in [0.4, 0.5) is 0 Å². The summed E-state index contributed by atoms with van der Waals surface area (Å²) < 4.78 is 15.9. The van der Waals surface area contributed by atoms with Crippen LogP contribution in [0.25, 0.3) is 6.08 Å². The first-order valence-electron chi connectivity index (χ1n) is 8.78. The molecule has 0 bridgehead atoms. The van der Waals surface area contributed by atoms with Crippen molar-refractivity contribution in [3.05, 3.63) is 28.8 Å². The Hall–Kier alpha value is -2.21. The van der Waals surface area contributed by atoms with E-state index in [1.54, 1.807) is 12.1 Å². The standard InChI is InChI=1S/C20H28ClNO5/c1-7-20(4,5)22-17(23)12-26-18(24)9-8-14-10-15(21)19(27-13(2)3)16(11-14)25-6/h8-11,13H,7,12H2,1-6H3,(H,22,23)/b9-8+. The maximum Gasteiger partial charge on any atom is 0.331 e. The molecule has 1 amide bonds. The van der Waals surface area contributed by atoms with Gasteiger partial charge in [0.2, 0.25) is 0 Å². The Morgan fingerprint density at radius 3 is 2.52 bits per heavy atom. The third-order valence-electron chi connectivity index (χ3n) is 3.72. The van der Waals surface area contributed by atoms with Crippen molar-refractivity contribution < 1.29 is 23.8 Å². The summed E-state index contributed by atoms with van der Waals surface area (Å²) in [4.78, 5) is 23.6. The minimum atomic E-state index is -0.628. The van der Waals surface area contributed by atoms with Gasteiger partial charge in [0.15, 0.2) is 18.1 Å². The molecule has 0 spiro atoms. The number of carbonyl (C=O) groups excluding carboxylic acids is 2. The van der Waals surface area contributed by atoms with Gasteiger partial charge in [-0.2, -0.15) is 0 Å². The minimum absolute atomic E-state index is 0.0587. The van der Waals surface area contributed by atoms with E-state index in [0.717, 1.165) is 6.42 Å². The highest BCUT2D eigenvalue weighted by atomic mass is 35.5. The molecule has 150 valence electrons. The average molecular weight is 398 g/mol. The quantitative estimate of drug-likeness (QED) is 0.503. The molecule has 0 radical (unpaired) electrons. The predicted octanol–water partition coefficient (Wildman–Crippen LogP) is 4.00. The first kappa shape index (κ1) is 22.8. The van der Waals surface area contributed by atoms with E-state index < -0.39 is 5.97 Å². The van der Waals surface area contributed by atoms with Gasteiger partial charge in [-0.15, -0.1) is 0 Å². The van der Waals surface area contributed by atoms with Crippen molar-refractivity contribution in [1.29, 1.82) is 0 Å². The van der Waals surface area contributed by atoms with E-state index in [1.807, 2.05) is 34.6 Å². The molecule has 0 aliphatic heterocycles. The van der Waals surface area contributed by atoms with E-state index in [9.17, 15) is 9.59 Å². The zero-order chi connectivity index (χ0) is 20.6. The molecule has 0 fully saturated rings. The number of amides is 1. The van der Waals surface area contributed by atoms with Crippen molar-refractivity contribution in [2.45, 2.75) is 52.7 Å². The van der Waals surface area contributed by atoms with Crippen LogP contribution in [-0.2, 0) is 14.3 Å². The van der Waals surface area contributed by atoms with Crippen LogP contribution < -0.4 is 14.8 Å². The lowest BCUT2D eigenvalue weighted by molar-refractivity contribution is -0.144. The molecule has 0 heterocycles. The highest BCUT2D eigenvalue weighted by Crippen LogP contribution is 2.37. The molecule has 1 rings (SSSR count). The SMILES string of the molecule is CCC(C)(C)NC(=O)COC(=O)/C=C/c1cc(Cl)c(OC(C)C)c(OC)c1. The van der Waals surface area contributed by atoms with Gasteiger partial charge in [-0.25, -0.2) is 4.79 Å². The summed E-state index contributed by atoms with van der Waals surface area (Å²) >= 11 is 6.24. The maximum absolute atomic E-state index is 11.8. The summed E-state index contributed by atoms with van der Waals surface area (Å²) in [7, 11) is 1.51. The largest absolute Gasteiger partial charge is 0.493 e. The monoisotopic (exact) mass is 397 g/mol. The lowest BCUT2D eigenvalue weighted by Gasteiger charge is -2.24. The summed E-state index contributed by atoms with van der Waals surface area (Å²) in [5.41, 5.74) is 0.299. The van der Waals surface area contributed by atoms with Gasteiger partial charge in [-0.05, 0) is 57.9 Å². The lowest BCUT2D eigenvalue weighted by Crippen LogP contribution is -2.44. The van der Waals surface area contributed by atoms with Crippen LogP contribution in [0, 0.1) is 0 Å². The number of carbonyl (C=O) groups is 2. The van der Waals surface area contributed by atoms with Crippen molar-refractivity contribution in [3.8, 4) is 11.5 Å². The fourth-order valence-electron chi connectivity index (χ4n) is 2.04. The number of esters is 1. The molecule has 0 aliphatic carbocycles. The molecule has 0 atom stereocenters. The van der Waals surface area contributed by atoms with Gasteiger partial charge >= 0.3 is 5.97 Å². The Bertz CT molecular complexity index is 698. The molecular formula is C20H28ClNO5. The summed E-state index contributed by atoms with van der Waals surface area (Å²) in [5, 5.41) is 3.16. The number of nitrogens with one attached hydrogen (secondary N) is 1. The normalized spacial score (nSPS) is 11.6. The molecule has 0 unspecified atom stereocenters. The third-order valence-corrected chi connectivity index (χ3v) is 4.01. The number of benzene rings is 1. The molecular weight excluding hydrogens is 370 g/mol. The van der Waals surface area contributed by atoms with E-state index in [2.05, 4.69) is 5.32 Å². The van der Waals surface area contributed by atoms with Gasteiger partial charge in [0.05, 0.1) is 18.2 Å². The Morgan fingerprint density at radius 2 is 1.96 bits per heavy atom. The Kier molecular flexibility index (Phi) is 8.63. The summed E-state index contributed by atoms with van der Waals surface area (Å²) in [6, 6.07) is 3.35. The molecule has 0 saturated carbocycles. The van der Waals surface area contributed by atoms with Crippen LogP contribution in [0.2, 0.25) is 5.02 Å². The molecule has 6 nitrogen and oxygen atoms in total. The molecule has 7 heteroatoms. The van der Waals surface area contributed by atoms with E-state index in [1.165, 1.54) is 19.3 Å². The fraction of sp³-hybridized carbons (Fsp3) is 0.500. The van der Waals surface area contributed by atoms with Crippen LogP contribution >= 0.6 is 11.6 Å². The van der Waals surface area contributed by atoms with E-state index in [4.69, 9.17) is 25.8 Å². The fourth-order valence-corrected chi connectivity index (χ4v) is 2.30. The van der Waals surface area contributed by atoms with Crippen LogP contribution in [0.5, 0.6) is 11.5 Å². The second kappa shape index (κ2) is 10.2. The van der Waals surface area contributed by atoms with E-state index in [0.29, 0.717) is 22.1 Å². The van der Waals surface area contributed by atoms with Crippen molar-refractivity contribution in [3.63, 3.8) is 0 Å². The predicted molar refractivity (Wildman–Crippen MR) is 106 cm³/mol. The zero-order valence-corrected chi connectivity index (χ0v) is 17.5. The molecule has 0 aromatic heterocycles. The van der Waals surface area contributed by atoms with Crippen molar-refractivity contribution in [2.24, 2.45) is 0 Å². The smallest absolute Gasteiger partial charge is 0.331 e. The van der Waals surface area contributed by atoms with Gasteiger partial charge in [-0.1, -0.05) is 18.5 Å². The topological polar surface area (TPSA) is 73.9 Å². The van der Waals surface area contributed by atoms with Gasteiger partial charge in [-0.3, -0.25) is 4.79 Å². The highest BCUT2D eigenvalue weighted by molar-refractivity contribution is 6.32. The molecule has 1 aromatic rings. The van der Waals surface area contributed by atoms with Crippen molar-refractivity contribution in [1.82, 2.24) is 5.32 Å². The maximum atomic E-state index is 11.8.